The van der Waals surface area contributed by atoms with Gasteiger partial charge in [-0.3, -0.25) is 18.7 Å². The van der Waals surface area contributed by atoms with Gasteiger partial charge in [0.25, 0.3) is 5.56 Å². The number of nitrogens with zero attached hydrogens (tertiary/aromatic N) is 3. The second-order valence-electron chi connectivity index (χ2n) is 11.9. The number of benzene rings is 1. The number of amides is 1. The summed E-state index contributed by atoms with van der Waals surface area (Å²) in [5, 5.41) is 5.73. The van der Waals surface area contributed by atoms with Gasteiger partial charge < -0.3 is 19.6 Å². The van der Waals surface area contributed by atoms with Crippen LogP contribution in [0.3, 0.4) is 0 Å². The van der Waals surface area contributed by atoms with E-state index < -0.39 is 14.0 Å². The number of rotatable bonds is 23. The maximum absolute atomic E-state index is 13.7. The number of imidazole rings is 1. The molecule has 0 aliphatic carbocycles. The summed E-state index contributed by atoms with van der Waals surface area (Å²) >= 11 is 0. The molecule has 0 saturated carbocycles. The van der Waals surface area contributed by atoms with Crippen LogP contribution in [0.15, 0.2) is 109 Å². The van der Waals surface area contributed by atoms with E-state index in [1.54, 1.807) is 28.8 Å². The molecule has 1 saturated heterocycles. The number of hydrogen-bond donors (Lipinski definition) is 3. The van der Waals surface area contributed by atoms with Crippen LogP contribution in [0, 0.1) is 0 Å². The Bertz CT molecular complexity index is 1730. The molecule has 51 heavy (non-hydrogen) atoms. The van der Waals surface area contributed by atoms with Crippen LogP contribution >= 0.6 is 7.75 Å². The van der Waals surface area contributed by atoms with Gasteiger partial charge in [0.2, 0.25) is 5.91 Å². The summed E-state index contributed by atoms with van der Waals surface area (Å²) < 4.78 is 33.2. The summed E-state index contributed by atoms with van der Waals surface area (Å²) in [4.78, 5) is 35.3. The van der Waals surface area contributed by atoms with Crippen molar-refractivity contribution in [3.05, 3.63) is 114 Å². The first-order valence-corrected chi connectivity index (χ1v) is 19.3. The fourth-order valence-electron chi connectivity index (χ4n) is 5.23. The third-order valence-electron chi connectivity index (χ3n) is 7.84. The molecule has 13 heteroatoms. The van der Waals surface area contributed by atoms with Crippen molar-refractivity contribution in [1.82, 2.24) is 29.9 Å². The van der Waals surface area contributed by atoms with Gasteiger partial charge in [-0.25, -0.2) is 19.6 Å². The molecular weight excluding hydrogens is 667 g/mol. The Labute approximate surface area is 300 Å². The molecule has 12 nitrogen and oxygen atoms in total. The number of hydrogen-bond acceptors (Lipinski definition) is 8. The van der Waals surface area contributed by atoms with E-state index in [0.717, 1.165) is 44.9 Å². The molecule has 3 heterocycles. The van der Waals surface area contributed by atoms with Gasteiger partial charge in [0.15, 0.2) is 11.2 Å². The Morgan fingerprint density at radius 1 is 0.961 bits per heavy atom. The van der Waals surface area contributed by atoms with Crippen LogP contribution in [-0.2, 0) is 18.6 Å². The number of aromatic nitrogens is 4. The summed E-state index contributed by atoms with van der Waals surface area (Å²) in [6, 6.07) is 8.77. The predicted molar refractivity (Wildman–Crippen MR) is 201 cm³/mol. The zero-order valence-corrected chi connectivity index (χ0v) is 30.3. The van der Waals surface area contributed by atoms with Crippen LogP contribution in [0.1, 0.15) is 77.4 Å². The highest BCUT2D eigenvalue weighted by molar-refractivity contribution is 7.52. The monoisotopic (exact) mass is 718 g/mol. The van der Waals surface area contributed by atoms with Crippen molar-refractivity contribution < 1.29 is 23.1 Å². The fourth-order valence-corrected chi connectivity index (χ4v) is 6.58. The minimum atomic E-state index is -3.82. The molecule has 2 aromatic heterocycles. The van der Waals surface area contributed by atoms with Crippen molar-refractivity contribution in [3.63, 3.8) is 0 Å². The molecule has 274 valence electrons. The van der Waals surface area contributed by atoms with Crippen LogP contribution in [0.25, 0.3) is 11.2 Å². The molecule has 3 atom stereocenters. The van der Waals surface area contributed by atoms with Crippen molar-refractivity contribution in [2.45, 2.75) is 83.5 Å². The number of aromatic amines is 1. The Kier molecular flexibility index (Phi) is 17.4. The van der Waals surface area contributed by atoms with Gasteiger partial charge in [-0.1, -0.05) is 85.9 Å². The largest absolute Gasteiger partial charge is 0.458 e. The first-order valence-electron chi connectivity index (χ1n) is 17.8. The smallest absolute Gasteiger partial charge is 0.413 e. The number of nitrogens with one attached hydrogen (secondary N) is 3. The highest BCUT2D eigenvalue weighted by Gasteiger charge is 2.33. The van der Waals surface area contributed by atoms with Gasteiger partial charge in [-0.2, -0.15) is 0 Å². The lowest BCUT2D eigenvalue weighted by atomic mass is 10.2. The maximum atomic E-state index is 13.7. The van der Waals surface area contributed by atoms with Crippen molar-refractivity contribution in [2.75, 3.05) is 19.7 Å². The molecule has 1 fully saturated rings. The summed E-state index contributed by atoms with van der Waals surface area (Å²) in [6.45, 7) is 2.59. The van der Waals surface area contributed by atoms with Crippen LogP contribution in [-0.4, -0.2) is 51.2 Å². The summed E-state index contributed by atoms with van der Waals surface area (Å²) in [7, 11) is -3.82. The van der Waals surface area contributed by atoms with E-state index in [9.17, 15) is 14.2 Å². The maximum Gasteiger partial charge on any atom is 0.458 e. The number of para-hydroxylation sites is 1. The van der Waals surface area contributed by atoms with E-state index >= 15 is 0 Å². The van der Waals surface area contributed by atoms with E-state index in [1.165, 1.54) is 12.7 Å². The Morgan fingerprint density at radius 3 is 2.35 bits per heavy atom. The van der Waals surface area contributed by atoms with Crippen LogP contribution < -0.4 is 20.5 Å². The third kappa shape index (κ3) is 14.4. The van der Waals surface area contributed by atoms with Crippen molar-refractivity contribution >= 4 is 24.8 Å². The van der Waals surface area contributed by atoms with Gasteiger partial charge in [-0.15, -0.1) is 0 Å². The molecular formula is C38H51N6O6P. The van der Waals surface area contributed by atoms with E-state index in [4.69, 9.17) is 13.8 Å². The van der Waals surface area contributed by atoms with E-state index in [1.807, 2.05) is 6.07 Å². The van der Waals surface area contributed by atoms with E-state index in [2.05, 4.69) is 93.0 Å². The molecule has 1 aromatic carbocycles. The Morgan fingerprint density at radius 2 is 1.65 bits per heavy atom. The second-order valence-corrected chi connectivity index (χ2v) is 13.7. The van der Waals surface area contributed by atoms with Gasteiger partial charge in [0.05, 0.1) is 25.4 Å². The lowest BCUT2D eigenvalue weighted by molar-refractivity contribution is -0.121. The molecule has 0 radical (unpaired) electrons. The number of ether oxygens (including phenoxy) is 1. The first-order chi connectivity index (χ1) is 25.0. The van der Waals surface area contributed by atoms with Crippen molar-refractivity contribution in [3.8, 4) is 5.75 Å². The number of carbonyl (C=O) groups excluding carboxylic acids is 1. The van der Waals surface area contributed by atoms with E-state index in [0.29, 0.717) is 30.7 Å². The number of H-pyrrole nitrogens is 1. The minimum absolute atomic E-state index is 0.0103. The predicted octanol–water partition coefficient (Wildman–Crippen LogP) is 7.63. The topological polar surface area (TPSA) is 149 Å². The first kappa shape index (κ1) is 39.4. The van der Waals surface area contributed by atoms with Gasteiger partial charge >= 0.3 is 7.75 Å². The number of fused-ring (bicyclic) bond motifs is 1. The Hall–Kier alpha value is -4.35. The average molecular weight is 719 g/mol. The number of unbranched alkanes of at least 4 members (excludes halogenated alkanes) is 1. The molecule has 3 unspecified atom stereocenters. The molecule has 3 N–H and O–H groups in total. The summed E-state index contributed by atoms with van der Waals surface area (Å²) in [5.41, 5.74) is 0.351. The van der Waals surface area contributed by atoms with Gasteiger partial charge in [-0.05, 0) is 69.9 Å². The summed E-state index contributed by atoms with van der Waals surface area (Å²) in [5.74, 6) is 0.316. The SMILES string of the molecule is CCC=CCC=CCC=CCC=CCC=CCCCC(=O)NCCNP(=O)(OCC1CCC(n2cnc3c(=O)[nH]cnc32)O1)Oc1ccccc1. The lowest BCUT2D eigenvalue weighted by Gasteiger charge is -2.22. The van der Waals surface area contributed by atoms with Crippen LogP contribution in [0.2, 0.25) is 0 Å². The quantitative estimate of drug-likeness (QED) is 0.0511. The molecule has 3 aromatic rings. The molecule has 0 spiro atoms. The van der Waals surface area contributed by atoms with Gasteiger partial charge in [0.1, 0.15) is 12.0 Å². The standard InChI is InChI=1S/C38H51N6O6P/c1-2-3-4-5-6-7-8-9-10-11-12-13-14-15-16-17-21-24-34(45)39-27-28-43-51(47,50-32-22-19-18-20-23-32)48-29-33-25-26-35(49-33)44-31-42-36-37(44)40-30-41-38(36)46/h3-4,6-7,9-10,12-13,15-16,18-20,22-23,30-31,33,35H,2,5,8,11,14,17,21,24-29H2,1H3,(H,39,45)(H,43,47)(H,40,41,46). The van der Waals surface area contributed by atoms with Crippen molar-refractivity contribution in [1.29, 1.82) is 0 Å². The minimum Gasteiger partial charge on any atom is -0.413 e. The normalized spacial score (nSPS) is 17.9. The summed E-state index contributed by atoms with van der Waals surface area (Å²) in [6.07, 6.45) is 31.8. The molecule has 1 amide bonds. The highest BCUT2D eigenvalue weighted by Crippen LogP contribution is 2.45. The Balaban J connectivity index is 1.11. The molecule has 4 rings (SSSR count). The average Bonchev–Trinajstić information content (AvgIpc) is 3.79. The van der Waals surface area contributed by atoms with E-state index in [-0.39, 0.29) is 42.8 Å². The van der Waals surface area contributed by atoms with Crippen LogP contribution in [0.5, 0.6) is 5.75 Å². The van der Waals surface area contributed by atoms with Crippen molar-refractivity contribution in [2.24, 2.45) is 0 Å². The third-order valence-corrected chi connectivity index (χ3v) is 9.40. The lowest BCUT2D eigenvalue weighted by Crippen LogP contribution is -2.32. The zero-order valence-electron chi connectivity index (χ0n) is 29.4. The van der Waals surface area contributed by atoms with Gasteiger partial charge in [0, 0.05) is 19.5 Å². The molecule has 1 aliphatic rings. The molecule has 1 aliphatic heterocycles. The fraction of sp³-hybridized carbons (Fsp3) is 0.421. The highest BCUT2D eigenvalue weighted by atomic mass is 31.2. The number of carbonyl (C=O) groups is 1. The number of allylic oxidation sites excluding steroid dienone is 10. The van der Waals surface area contributed by atoms with Crippen LogP contribution in [0.4, 0.5) is 0 Å². The zero-order chi connectivity index (χ0) is 36.0. The molecule has 0 bridgehead atoms. The second kappa shape index (κ2) is 22.5.